The zero-order chi connectivity index (χ0) is 19.0. The third-order valence-corrected chi connectivity index (χ3v) is 4.91. The number of amides is 1. The Morgan fingerprint density at radius 2 is 2.00 bits per heavy atom. The largest absolute Gasteiger partial charge is 0.365 e. The highest BCUT2D eigenvalue weighted by Gasteiger charge is 2.28. The first-order chi connectivity index (χ1) is 13.0. The Morgan fingerprint density at radius 3 is 2.78 bits per heavy atom. The van der Waals surface area contributed by atoms with Crippen LogP contribution < -0.4 is 5.32 Å². The molecule has 1 atom stereocenters. The number of carbonyl (C=O) groups excluding carboxylic acids is 1. The molecule has 1 aliphatic rings. The van der Waals surface area contributed by atoms with Gasteiger partial charge in [0, 0.05) is 5.69 Å². The van der Waals surface area contributed by atoms with Gasteiger partial charge in [-0.1, -0.05) is 29.5 Å². The van der Waals surface area contributed by atoms with Crippen molar-refractivity contribution in [2.75, 3.05) is 5.32 Å². The first kappa shape index (κ1) is 17.4. The first-order valence-electron chi connectivity index (χ1n) is 8.70. The number of hydrogen-bond acceptors (Lipinski definition) is 4. The van der Waals surface area contributed by atoms with Crippen LogP contribution in [0.1, 0.15) is 39.0 Å². The van der Waals surface area contributed by atoms with Crippen molar-refractivity contribution in [3.05, 3.63) is 76.4 Å². The fourth-order valence-electron chi connectivity index (χ4n) is 3.14. The van der Waals surface area contributed by atoms with E-state index in [0.717, 1.165) is 22.4 Å². The normalized spacial score (nSPS) is 16.0. The maximum atomic E-state index is 13.1. The molecule has 2 heterocycles. The number of fused-ring (bicyclic) bond motifs is 1. The van der Waals surface area contributed by atoms with E-state index in [1.165, 1.54) is 12.1 Å². The summed E-state index contributed by atoms with van der Waals surface area (Å²) in [5.74, 6) is -0.602. The molecule has 1 aromatic heterocycles. The Kier molecular flexibility index (Phi) is 4.45. The van der Waals surface area contributed by atoms with E-state index in [4.69, 9.17) is 4.74 Å². The molecule has 0 saturated carbocycles. The molecule has 6 nitrogen and oxygen atoms in total. The molecule has 1 amide bonds. The van der Waals surface area contributed by atoms with Gasteiger partial charge in [0.1, 0.15) is 11.9 Å². The van der Waals surface area contributed by atoms with E-state index in [2.05, 4.69) is 15.6 Å². The monoisotopic (exact) mass is 366 g/mol. The van der Waals surface area contributed by atoms with Gasteiger partial charge in [0.25, 0.3) is 5.91 Å². The lowest BCUT2D eigenvalue weighted by molar-refractivity contribution is -0.00174. The fourth-order valence-corrected chi connectivity index (χ4v) is 3.14. The van der Waals surface area contributed by atoms with E-state index in [1.54, 1.807) is 16.8 Å². The maximum Gasteiger partial charge on any atom is 0.278 e. The van der Waals surface area contributed by atoms with Crippen molar-refractivity contribution in [1.82, 2.24) is 15.0 Å². The summed E-state index contributed by atoms with van der Waals surface area (Å²) in [7, 11) is 0. The molecule has 1 N–H and O–H groups in total. The average molecular weight is 366 g/mol. The predicted molar refractivity (Wildman–Crippen MR) is 97.8 cm³/mol. The molecule has 0 aliphatic carbocycles. The molecule has 4 rings (SSSR count). The van der Waals surface area contributed by atoms with Crippen molar-refractivity contribution < 1.29 is 13.9 Å². The minimum Gasteiger partial charge on any atom is -0.365 e. The highest BCUT2D eigenvalue weighted by molar-refractivity contribution is 6.04. The van der Waals surface area contributed by atoms with Crippen molar-refractivity contribution in [2.24, 2.45) is 0 Å². The predicted octanol–water partition coefficient (Wildman–Crippen LogP) is 3.56. The van der Waals surface area contributed by atoms with E-state index in [9.17, 15) is 9.18 Å². The van der Waals surface area contributed by atoms with Crippen LogP contribution in [0.2, 0.25) is 0 Å². The van der Waals surface area contributed by atoms with Gasteiger partial charge in [-0.05, 0) is 48.7 Å². The number of aromatic nitrogens is 3. The second kappa shape index (κ2) is 6.92. The van der Waals surface area contributed by atoms with Crippen LogP contribution in [-0.4, -0.2) is 20.9 Å². The Morgan fingerprint density at radius 1 is 1.22 bits per heavy atom. The molecule has 0 spiro atoms. The molecule has 3 aromatic rings. The van der Waals surface area contributed by atoms with Crippen LogP contribution in [0.5, 0.6) is 0 Å². The van der Waals surface area contributed by atoms with Crippen LogP contribution in [0.4, 0.5) is 10.1 Å². The van der Waals surface area contributed by atoms with Gasteiger partial charge in [-0.3, -0.25) is 4.79 Å². The van der Waals surface area contributed by atoms with E-state index in [1.807, 2.05) is 32.0 Å². The number of nitrogens with one attached hydrogen (secondary N) is 1. The standard InChI is InChI=1S/C20H19FN4O2/c1-12-4-3-5-16(13(12)2)22-20(26)19-17-11-27-18(10-25(17)24-23-19)14-6-8-15(21)9-7-14/h3-9,18H,10-11H2,1-2H3,(H,22,26)/t18-/m0/s1. The van der Waals surface area contributed by atoms with Crippen LogP contribution in [0.15, 0.2) is 42.5 Å². The van der Waals surface area contributed by atoms with E-state index in [0.29, 0.717) is 12.2 Å². The lowest BCUT2D eigenvalue weighted by Gasteiger charge is -2.24. The molecule has 1 aliphatic heterocycles. The Balaban J connectivity index is 1.53. The minimum atomic E-state index is -0.311. The van der Waals surface area contributed by atoms with Gasteiger partial charge in [-0.25, -0.2) is 9.07 Å². The Labute approximate surface area is 156 Å². The minimum absolute atomic E-state index is 0.213. The highest BCUT2D eigenvalue weighted by atomic mass is 19.1. The second-order valence-corrected chi connectivity index (χ2v) is 6.62. The molecular formula is C20H19FN4O2. The summed E-state index contributed by atoms with van der Waals surface area (Å²) in [4.78, 5) is 12.7. The fraction of sp³-hybridized carbons (Fsp3) is 0.250. The Hall–Kier alpha value is -3.06. The van der Waals surface area contributed by atoms with E-state index in [-0.39, 0.29) is 30.1 Å². The van der Waals surface area contributed by atoms with Crippen molar-refractivity contribution >= 4 is 11.6 Å². The summed E-state index contributed by atoms with van der Waals surface area (Å²) in [6, 6.07) is 11.9. The lowest BCUT2D eigenvalue weighted by Crippen LogP contribution is -2.24. The molecule has 0 fully saturated rings. The summed E-state index contributed by atoms with van der Waals surface area (Å²) in [5, 5.41) is 11.1. The molecule has 138 valence electrons. The third kappa shape index (κ3) is 3.33. The third-order valence-electron chi connectivity index (χ3n) is 4.91. The van der Waals surface area contributed by atoms with Gasteiger partial charge in [0.15, 0.2) is 5.69 Å². The van der Waals surface area contributed by atoms with Crippen LogP contribution >= 0.6 is 0 Å². The zero-order valence-electron chi connectivity index (χ0n) is 15.1. The topological polar surface area (TPSA) is 69.0 Å². The number of benzene rings is 2. The second-order valence-electron chi connectivity index (χ2n) is 6.62. The molecule has 0 saturated heterocycles. The van der Waals surface area contributed by atoms with Crippen molar-refractivity contribution in [2.45, 2.75) is 33.1 Å². The van der Waals surface area contributed by atoms with Gasteiger partial charge < -0.3 is 10.1 Å². The van der Waals surface area contributed by atoms with Crippen LogP contribution in [0, 0.1) is 19.7 Å². The summed E-state index contributed by atoms with van der Waals surface area (Å²) in [6.07, 6.45) is -0.255. The summed E-state index contributed by atoms with van der Waals surface area (Å²) >= 11 is 0. The number of halogens is 1. The van der Waals surface area contributed by atoms with Gasteiger partial charge in [0.05, 0.1) is 18.8 Å². The number of rotatable bonds is 3. The van der Waals surface area contributed by atoms with Crippen LogP contribution in [-0.2, 0) is 17.9 Å². The van der Waals surface area contributed by atoms with Crippen LogP contribution in [0.25, 0.3) is 0 Å². The van der Waals surface area contributed by atoms with Crippen molar-refractivity contribution in [1.29, 1.82) is 0 Å². The number of aryl methyl sites for hydroxylation is 1. The lowest BCUT2D eigenvalue weighted by atomic mass is 10.1. The smallest absolute Gasteiger partial charge is 0.278 e. The molecule has 0 bridgehead atoms. The number of carbonyl (C=O) groups is 1. The summed E-state index contributed by atoms with van der Waals surface area (Å²) in [5.41, 5.74) is 4.62. The molecule has 2 aromatic carbocycles. The van der Waals surface area contributed by atoms with Gasteiger partial charge >= 0.3 is 0 Å². The van der Waals surface area contributed by atoms with Gasteiger partial charge in [-0.15, -0.1) is 5.10 Å². The number of ether oxygens (including phenoxy) is 1. The molecule has 7 heteroatoms. The van der Waals surface area contributed by atoms with E-state index >= 15 is 0 Å². The van der Waals surface area contributed by atoms with Crippen molar-refractivity contribution in [3.8, 4) is 0 Å². The zero-order valence-corrected chi connectivity index (χ0v) is 15.1. The number of hydrogen-bond donors (Lipinski definition) is 1. The van der Waals surface area contributed by atoms with E-state index < -0.39 is 0 Å². The van der Waals surface area contributed by atoms with Gasteiger partial charge in [0.2, 0.25) is 0 Å². The first-order valence-corrected chi connectivity index (χ1v) is 8.70. The maximum absolute atomic E-state index is 13.1. The number of anilines is 1. The van der Waals surface area contributed by atoms with Crippen molar-refractivity contribution in [3.63, 3.8) is 0 Å². The average Bonchev–Trinajstić information content (AvgIpc) is 3.09. The quantitative estimate of drug-likeness (QED) is 0.770. The summed E-state index contributed by atoms with van der Waals surface area (Å²) in [6.45, 7) is 4.59. The summed E-state index contributed by atoms with van der Waals surface area (Å²) < 4.78 is 20.6. The molecular weight excluding hydrogens is 347 g/mol. The SMILES string of the molecule is Cc1cccc(NC(=O)c2nnn3c2CO[C@H](c2ccc(F)cc2)C3)c1C. The van der Waals surface area contributed by atoms with Gasteiger partial charge in [-0.2, -0.15) is 0 Å². The number of nitrogens with zero attached hydrogens (tertiary/aromatic N) is 3. The molecule has 0 radical (unpaired) electrons. The molecule has 0 unspecified atom stereocenters. The molecule has 27 heavy (non-hydrogen) atoms. The Bertz CT molecular complexity index is 998. The van der Waals surface area contributed by atoms with Crippen LogP contribution in [0.3, 0.4) is 0 Å². The highest BCUT2D eigenvalue weighted by Crippen LogP contribution is 2.27.